The minimum atomic E-state index is -5.48. The summed E-state index contributed by atoms with van der Waals surface area (Å²) in [6.45, 7) is 1.99. The van der Waals surface area contributed by atoms with Crippen LogP contribution in [0.15, 0.2) is 60.7 Å². The Kier molecular flexibility index (Phi) is 8.98. The number of ether oxygens (including phenoxy) is 3. The smallest absolute Gasteiger partial charge is 0.494 e. The molecule has 230 valence electrons. The first kappa shape index (κ1) is 32.0. The maximum absolute atomic E-state index is 14.8. The molecule has 0 saturated carbocycles. The second-order valence-corrected chi connectivity index (χ2v) is 8.72. The van der Waals surface area contributed by atoms with Gasteiger partial charge in [0.15, 0.2) is 11.6 Å². The summed E-state index contributed by atoms with van der Waals surface area (Å²) < 4.78 is 166. The standard InChI is InChI=1S/C30H15F11O3/c1-2-42-18-7-6-16(21(31)12-18)5-3-15-4-8-20(22(32)9-15)29(37,38)43-19-13-23(33)27(24(34)14-19)17-10-25(35)28(26(36)11-17)44-30(39,40)41/h4,6-14H,2H2,1H3. The highest BCUT2D eigenvalue weighted by Gasteiger charge is 2.38. The van der Waals surface area contributed by atoms with Crippen LogP contribution in [0.3, 0.4) is 0 Å². The summed E-state index contributed by atoms with van der Waals surface area (Å²) in [6, 6.07) is 6.56. The van der Waals surface area contributed by atoms with Gasteiger partial charge in [-0.25, -0.2) is 26.3 Å². The fraction of sp³-hybridized carbons (Fsp3) is 0.133. The monoisotopic (exact) mass is 632 g/mol. The number of benzene rings is 4. The van der Waals surface area contributed by atoms with E-state index in [2.05, 4.69) is 21.3 Å². The molecule has 0 aromatic heterocycles. The zero-order valence-electron chi connectivity index (χ0n) is 21.9. The molecule has 0 fully saturated rings. The normalized spacial score (nSPS) is 11.5. The van der Waals surface area contributed by atoms with Gasteiger partial charge < -0.3 is 14.2 Å². The van der Waals surface area contributed by atoms with Gasteiger partial charge in [-0.1, -0.05) is 11.8 Å². The molecular weight excluding hydrogens is 617 g/mol. The molecule has 0 saturated heterocycles. The molecule has 0 unspecified atom stereocenters. The van der Waals surface area contributed by atoms with Gasteiger partial charge in [0.2, 0.25) is 5.75 Å². The molecule has 0 atom stereocenters. The van der Waals surface area contributed by atoms with Gasteiger partial charge in [-0.15, -0.1) is 13.2 Å². The molecule has 44 heavy (non-hydrogen) atoms. The van der Waals surface area contributed by atoms with Gasteiger partial charge in [0.05, 0.1) is 17.7 Å². The molecule has 0 bridgehead atoms. The summed E-state index contributed by atoms with van der Waals surface area (Å²) in [7, 11) is 0. The molecule has 0 aliphatic rings. The van der Waals surface area contributed by atoms with Crippen molar-refractivity contribution in [1.82, 2.24) is 0 Å². The molecule has 4 rings (SSSR count). The van der Waals surface area contributed by atoms with Crippen molar-refractivity contribution in [2.24, 2.45) is 0 Å². The maximum atomic E-state index is 14.8. The first-order chi connectivity index (χ1) is 20.6. The van der Waals surface area contributed by atoms with Crippen LogP contribution in [-0.2, 0) is 6.11 Å². The summed E-state index contributed by atoms with van der Waals surface area (Å²) in [5.74, 6) is -7.60. The van der Waals surface area contributed by atoms with E-state index in [1.54, 1.807) is 6.92 Å². The zero-order valence-corrected chi connectivity index (χ0v) is 21.9. The van der Waals surface area contributed by atoms with Gasteiger partial charge in [-0.3, -0.25) is 0 Å². The number of alkyl halides is 5. The number of rotatable bonds is 7. The second kappa shape index (κ2) is 12.4. The van der Waals surface area contributed by atoms with Crippen LogP contribution >= 0.6 is 0 Å². The Labute approximate surface area is 241 Å². The highest BCUT2D eigenvalue weighted by atomic mass is 19.4. The van der Waals surface area contributed by atoms with Crippen LogP contribution in [0.4, 0.5) is 48.3 Å². The van der Waals surface area contributed by atoms with E-state index in [1.165, 1.54) is 12.1 Å². The third kappa shape index (κ3) is 7.34. The van der Waals surface area contributed by atoms with Gasteiger partial charge in [-0.2, -0.15) is 8.78 Å². The topological polar surface area (TPSA) is 27.7 Å². The Morgan fingerprint density at radius 1 is 0.614 bits per heavy atom. The molecule has 4 aromatic rings. The van der Waals surface area contributed by atoms with Crippen molar-refractivity contribution in [1.29, 1.82) is 0 Å². The highest BCUT2D eigenvalue weighted by molar-refractivity contribution is 5.67. The molecule has 0 spiro atoms. The van der Waals surface area contributed by atoms with Crippen LogP contribution in [0.1, 0.15) is 23.6 Å². The summed E-state index contributed by atoms with van der Waals surface area (Å²) in [5, 5.41) is 0. The van der Waals surface area contributed by atoms with Gasteiger partial charge >= 0.3 is 12.5 Å². The van der Waals surface area contributed by atoms with E-state index >= 15 is 0 Å². The molecule has 0 radical (unpaired) electrons. The Morgan fingerprint density at radius 3 is 1.77 bits per heavy atom. The summed E-state index contributed by atoms with van der Waals surface area (Å²) >= 11 is 0. The molecule has 0 N–H and O–H groups in total. The van der Waals surface area contributed by atoms with E-state index < -0.39 is 75.6 Å². The van der Waals surface area contributed by atoms with Crippen molar-refractivity contribution in [3.63, 3.8) is 0 Å². The zero-order chi connectivity index (χ0) is 32.4. The van der Waals surface area contributed by atoms with Crippen molar-refractivity contribution in [2.45, 2.75) is 19.4 Å². The summed E-state index contributed by atoms with van der Waals surface area (Å²) in [5.41, 5.74) is -3.73. The third-order valence-corrected chi connectivity index (χ3v) is 5.64. The van der Waals surface area contributed by atoms with Crippen molar-refractivity contribution in [3.05, 3.63) is 112 Å². The molecule has 0 amide bonds. The average molecular weight is 632 g/mol. The first-order valence-electron chi connectivity index (χ1n) is 12.1. The molecular formula is C30H15F11O3. The lowest BCUT2D eigenvalue weighted by Gasteiger charge is -2.20. The fourth-order valence-electron chi connectivity index (χ4n) is 3.83. The molecule has 0 aliphatic carbocycles. The molecule has 14 heteroatoms. The summed E-state index contributed by atoms with van der Waals surface area (Å²) in [6.07, 6.45) is -10.0. The number of halogens is 11. The quantitative estimate of drug-likeness (QED) is 0.150. The van der Waals surface area contributed by atoms with Gasteiger partial charge in [0.25, 0.3) is 0 Å². The summed E-state index contributed by atoms with van der Waals surface area (Å²) in [4.78, 5) is 0. The minimum Gasteiger partial charge on any atom is -0.494 e. The SMILES string of the molecule is CCOc1ccc(C#Cc2ccc(C(F)(F)Oc3cc(F)c(-c4cc(F)c(OC(F)(F)F)c(F)c4)c(F)c3)c(F)c2)c(F)c1. The number of hydrogen-bond donors (Lipinski definition) is 0. The van der Waals surface area contributed by atoms with Crippen molar-refractivity contribution < 1.29 is 62.5 Å². The Bertz CT molecular complexity index is 1730. The Morgan fingerprint density at radius 2 is 1.23 bits per heavy atom. The van der Waals surface area contributed by atoms with Gasteiger partial charge in [0.1, 0.15) is 40.3 Å². The van der Waals surface area contributed by atoms with Crippen LogP contribution in [0.2, 0.25) is 0 Å². The second-order valence-electron chi connectivity index (χ2n) is 8.72. The van der Waals surface area contributed by atoms with Crippen LogP contribution in [-0.4, -0.2) is 13.0 Å². The average Bonchev–Trinajstić information content (AvgIpc) is 2.89. The van der Waals surface area contributed by atoms with Crippen LogP contribution in [0, 0.1) is 46.7 Å². The van der Waals surface area contributed by atoms with Crippen molar-refractivity contribution >= 4 is 0 Å². The largest absolute Gasteiger partial charge is 0.573 e. The van der Waals surface area contributed by atoms with Crippen LogP contribution in [0.5, 0.6) is 17.2 Å². The predicted molar refractivity (Wildman–Crippen MR) is 133 cm³/mol. The lowest BCUT2D eigenvalue weighted by Crippen LogP contribution is -2.23. The van der Waals surface area contributed by atoms with E-state index in [-0.39, 0.29) is 41.1 Å². The Hall–Kier alpha value is -4.93. The van der Waals surface area contributed by atoms with E-state index in [4.69, 9.17) is 4.74 Å². The first-order valence-corrected chi connectivity index (χ1v) is 12.1. The van der Waals surface area contributed by atoms with Crippen LogP contribution in [0.25, 0.3) is 11.1 Å². The molecule has 3 nitrogen and oxygen atoms in total. The highest BCUT2D eigenvalue weighted by Crippen LogP contribution is 2.38. The maximum Gasteiger partial charge on any atom is 0.573 e. The fourth-order valence-corrected chi connectivity index (χ4v) is 3.83. The van der Waals surface area contributed by atoms with E-state index in [0.717, 1.165) is 12.1 Å². The molecule has 4 aromatic carbocycles. The van der Waals surface area contributed by atoms with Crippen molar-refractivity contribution in [2.75, 3.05) is 6.61 Å². The predicted octanol–water partition coefficient (Wildman–Crippen LogP) is 9.01. The van der Waals surface area contributed by atoms with Gasteiger partial charge in [0, 0.05) is 23.8 Å². The van der Waals surface area contributed by atoms with Gasteiger partial charge in [-0.05, 0) is 55.0 Å². The third-order valence-electron chi connectivity index (χ3n) is 5.64. The van der Waals surface area contributed by atoms with Crippen molar-refractivity contribution in [3.8, 4) is 40.2 Å². The van der Waals surface area contributed by atoms with E-state index in [9.17, 15) is 48.3 Å². The molecule has 0 heterocycles. The minimum absolute atomic E-state index is 0.0878. The Balaban J connectivity index is 1.56. The lowest BCUT2D eigenvalue weighted by atomic mass is 10.0. The van der Waals surface area contributed by atoms with Crippen LogP contribution < -0.4 is 14.2 Å². The van der Waals surface area contributed by atoms with E-state index in [0.29, 0.717) is 18.7 Å². The number of hydrogen-bond acceptors (Lipinski definition) is 3. The van der Waals surface area contributed by atoms with E-state index in [1.807, 2.05) is 0 Å². The molecule has 0 aliphatic heterocycles. The lowest BCUT2D eigenvalue weighted by molar-refractivity contribution is -0.276.